The van der Waals surface area contributed by atoms with Crippen LogP contribution in [-0.4, -0.2) is 79.1 Å². The van der Waals surface area contributed by atoms with Crippen LogP contribution in [0, 0.1) is 0 Å². The summed E-state index contributed by atoms with van der Waals surface area (Å²) >= 11 is 0.924. The van der Waals surface area contributed by atoms with Crippen LogP contribution in [0.2, 0.25) is 0 Å². The van der Waals surface area contributed by atoms with Gasteiger partial charge in [-0.25, -0.2) is 33.4 Å². The number of imidazole rings is 1. The maximum atomic E-state index is 16.0. The van der Waals surface area contributed by atoms with Crippen LogP contribution in [0.15, 0.2) is 110 Å². The van der Waals surface area contributed by atoms with Gasteiger partial charge in [0.1, 0.15) is 41.7 Å². The van der Waals surface area contributed by atoms with E-state index in [4.69, 9.17) is 29.0 Å². The zero-order valence-corrected chi connectivity index (χ0v) is 36.2. The van der Waals surface area contributed by atoms with Crippen LogP contribution in [0.3, 0.4) is 0 Å². The first-order chi connectivity index (χ1) is 30.6. The molecule has 63 heavy (non-hydrogen) atoms. The van der Waals surface area contributed by atoms with E-state index in [-0.39, 0.29) is 18.2 Å². The van der Waals surface area contributed by atoms with Gasteiger partial charge in [-0.3, -0.25) is 9.09 Å². The molecule has 3 aromatic heterocycles. The molecular formula is C44H43FN9O7PS. The second-order valence-corrected chi connectivity index (χ2v) is 18.9. The third kappa shape index (κ3) is 8.64. The van der Waals surface area contributed by atoms with Gasteiger partial charge in [0.15, 0.2) is 23.9 Å². The molecule has 9 rings (SSSR count). The van der Waals surface area contributed by atoms with Crippen molar-refractivity contribution in [2.45, 2.75) is 57.3 Å². The summed E-state index contributed by atoms with van der Waals surface area (Å²) in [6.45, 7) is 1.02. The molecule has 16 nitrogen and oxygen atoms in total. The summed E-state index contributed by atoms with van der Waals surface area (Å²) in [4.78, 5) is 27.6. The second-order valence-electron chi connectivity index (χ2n) is 14.9. The zero-order valence-electron chi connectivity index (χ0n) is 34.5. The molecule has 4 aromatic carbocycles. The van der Waals surface area contributed by atoms with Gasteiger partial charge in [0, 0.05) is 36.2 Å². The third-order valence-electron chi connectivity index (χ3n) is 10.8. The number of hydrogen-bond acceptors (Lipinski definition) is 15. The van der Waals surface area contributed by atoms with Gasteiger partial charge in [-0.05, 0) is 78.8 Å². The largest absolute Gasteiger partial charge is 0.492 e. The fourth-order valence-corrected chi connectivity index (χ4v) is 11.2. The van der Waals surface area contributed by atoms with Gasteiger partial charge in [0.05, 0.1) is 36.8 Å². The van der Waals surface area contributed by atoms with Crippen molar-refractivity contribution >= 4 is 46.8 Å². The van der Waals surface area contributed by atoms with Crippen LogP contribution in [0.1, 0.15) is 41.6 Å². The molecule has 5 heterocycles. The average molecular weight is 892 g/mol. The number of anilines is 2. The third-order valence-corrected chi connectivity index (χ3v) is 14.5. The summed E-state index contributed by atoms with van der Waals surface area (Å²) in [6.07, 6.45) is -2.23. The molecule has 0 spiro atoms. The van der Waals surface area contributed by atoms with E-state index in [1.807, 2.05) is 28.9 Å². The maximum Gasteiger partial charge on any atom is 0.389 e. The van der Waals surface area contributed by atoms with E-state index in [2.05, 4.69) is 61.5 Å². The lowest BCUT2D eigenvalue weighted by molar-refractivity contribution is -0.0129. The Morgan fingerprint density at radius 1 is 0.968 bits per heavy atom. The Morgan fingerprint density at radius 2 is 1.71 bits per heavy atom. The van der Waals surface area contributed by atoms with Gasteiger partial charge >= 0.3 is 12.8 Å². The summed E-state index contributed by atoms with van der Waals surface area (Å²) in [6, 6.07) is 30.0. The molecule has 2 N–H and O–H groups in total. The van der Waals surface area contributed by atoms with Crippen molar-refractivity contribution in [1.29, 1.82) is 0 Å². The van der Waals surface area contributed by atoms with E-state index >= 15 is 4.39 Å². The van der Waals surface area contributed by atoms with Crippen molar-refractivity contribution in [2.24, 2.45) is 0 Å². The SMILES string of the molecule is CCO[P@@](=O)(O[C@@H]1C(C)O[C@@H](n2cnc3c(N)ncnc32)[C@@H]1F)SCc1ccc(OC(=O)c2ccc(OCCn3nnc4c3-c3ccccc3N(C)Cc3ccccc3-4)cc2)cc1. The van der Waals surface area contributed by atoms with Gasteiger partial charge in [-0.2, -0.15) is 0 Å². The molecule has 0 saturated carbocycles. The van der Waals surface area contributed by atoms with E-state index in [1.54, 1.807) is 62.4 Å². The number of ether oxygens (including phenoxy) is 3. The highest BCUT2D eigenvalue weighted by molar-refractivity contribution is 8.54. The smallest absolute Gasteiger partial charge is 0.389 e. The highest BCUT2D eigenvalue weighted by Crippen LogP contribution is 2.64. The second kappa shape index (κ2) is 17.9. The summed E-state index contributed by atoms with van der Waals surface area (Å²) in [5.74, 6) is 0.713. The van der Waals surface area contributed by atoms with E-state index < -0.39 is 37.4 Å². The molecule has 2 aliphatic heterocycles. The Labute approximate surface area is 365 Å². The number of nitrogens with two attached hydrogens (primary N) is 1. The highest BCUT2D eigenvalue weighted by atomic mass is 32.7. The number of aromatic nitrogens is 7. The molecule has 0 amide bonds. The maximum absolute atomic E-state index is 16.0. The standard InChI is InChI=1S/C44H43FN9O7PS/c1-4-58-62(56,61-40-27(2)59-43(36(40)45)53-26-49-38-41(46)47-25-48-42(38)53)63-24-28-13-17-32(18-14-28)60-44(55)29-15-19-31(20-16-29)57-22-21-54-39-34-11-7-8-12-35(34)52(3)23-30-9-5-6-10-33(30)37(39)50-51-54/h5-20,25-27,36,40,43H,4,21-24H2,1-3H3,(H2,46,47,48)/t27?,36-,40-,43-,62+/m1/s1. The van der Waals surface area contributed by atoms with Gasteiger partial charge in [-0.1, -0.05) is 59.8 Å². The number of rotatable bonds is 14. The molecular weight excluding hydrogens is 849 g/mol. The Hall–Kier alpha value is -6.17. The number of alkyl halides is 1. The number of carbonyl (C=O) groups is 1. The number of nitrogens with zero attached hydrogens (tertiary/aromatic N) is 8. The van der Waals surface area contributed by atoms with E-state index in [1.165, 1.54) is 22.8 Å². The summed E-state index contributed by atoms with van der Waals surface area (Å²) in [5, 5.41) is 9.17. The minimum Gasteiger partial charge on any atom is -0.492 e. The number of benzene rings is 4. The van der Waals surface area contributed by atoms with Gasteiger partial charge in [0.25, 0.3) is 0 Å². The van der Waals surface area contributed by atoms with Crippen molar-refractivity contribution in [3.05, 3.63) is 126 Å². The van der Waals surface area contributed by atoms with Crippen LogP contribution < -0.4 is 20.1 Å². The molecule has 0 radical (unpaired) electrons. The van der Waals surface area contributed by atoms with Crippen molar-refractivity contribution in [2.75, 3.05) is 30.9 Å². The van der Waals surface area contributed by atoms with Crippen LogP contribution in [0.5, 0.6) is 11.5 Å². The van der Waals surface area contributed by atoms with Gasteiger partial charge in [0.2, 0.25) is 0 Å². The summed E-state index contributed by atoms with van der Waals surface area (Å²) in [7, 11) is 2.09. The molecule has 19 heteroatoms. The van der Waals surface area contributed by atoms with Gasteiger partial charge in [-0.15, -0.1) is 5.10 Å². The first-order valence-electron chi connectivity index (χ1n) is 20.3. The molecule has 1 saturated heterocycles. The normalized spacial score (nSPS) is 19.1. The number of para-hydroxylation sites is 1. The van der Waals surface area contributed by atoms with Gasteiger partial charge < -0.3 is 29.4 Å². The van der Waals surface area contributed by atoms with Crippen molar-refractivity contribution in [3.8, 4) is 34.0 Å². The number of nitrogen functional groups attached to an aromatic ring is 1. The molecule has 0 aliphatic carbocycles. The lowest BCUT2D eigenvalue weighted by Gasteiger charge is -2.26. The number of carbonyl (C=O) groups excluding carboxylic acids is 1. The highest BCUT2D eigenvalue weighted by Gasteiger charge is 2.49. The topological polar surface area (TPSA) is 184 Å². The first-order valence-corrected chi connectivity index (χ1v) is 23.4. The number of fused-ring (bicyclic) bond motifs is 6. The average Bonchev–Trinajstić information content (AvgIpc) is 3.99. The summed E-state index contributed by atoms with van der Waals surface area (Å²) < 4.78 is 62.3. The van der Waals surface area contributed by atoms with Crippen LogP contribution in [0.25, 0.3) is 33.7 Å². The number of esters is 1. The van der Waals surface area contributed by atoms with Crippen molar-refractivity contribution < 1.29 is 37.0 Å². The number of hydrogen-bond donors (Lipinski definition) is 1. The fraction of sp³-hybridized carbons (Fsp3) is 0.273. The minimum absolute atomic E-state index is 0.0744. The molecule has 7 aromatic rings. The quantitative estimate of drug-likeness (QED) is 0.0624. The molecule has 5 atom stereocenters. The first kappa shape index (κ1) is 42.1. The fourth-order valence-electron chi connectivity index (χ4n) is 7.68. The Morgan fingerprint density at radius 3 is 2.51 bits per heavy atom. The lowest BCUT2D eigenvalue weighted by atomic mass is 9.96. The molecule has 1 fully saturated rings. The van der Waals surface area contributed by atoms with Crippen molar-refractivity contribution in [1.82, 2.24) is 34.5 Å². The minimum atomic E-state index is -3.88. The van der Waals surface area contributed by atoms with E-state index in [0.717, 1.165) is 51.7 Å². The van der Waals surface area contributed by atoms with Crippen molar-refractivity contribution in [3.63, 3.8) is 0 Å². The number of halogens is 1. The predicted octanol–water partition coefficient (Wildman–Crippen LogP) is 8.30. The van der Waals surface area contributed by atoms with E-state index in [9.17, 15) is 9.36 Å². The zero-order chi connectivity index (χ0) is 43.7. The Bertz CT molecular complexity index is 2810. The Balaban J connectivity index is 0.786. The van der Waals surface area contributed by atoms with E-state index in [0.29, 0.717) is 41.4 Å². The molecule has 2 aliphatic rings. The van der Waals surface area contributed by atoms with Crippen LogP contribution in [0.4, 0.5) is 15.9 Å². The van der Waals surface area contributed by atoms with Crippen LogP contribution in [-0.2, 0) is 37.2 Å². The molecule has 1 unspecified atom stereocenters. The summed E-state index contributed by atoms with van der Waals surface area (Å²) in [5.41, 5.74) is 13.7. The lowest BCUT2D eigenvalue weighted by Crippen LogP contribution is -2.29. The predicted molar refractivity (Wildman–Crippen MR) is 236 cm³/mol. The molecule has 324 valence electrons. The van der Waals surface area contributed by atoms with Crippen LogP contribution >= 0.6 is 18.2 Å². The Kier molecular flexibility index (Phi) is 12.0. The monoisotopic (exact) mass is 891 g/mol. The molecule has 0 bridgehead atoms.